The molecule has 1 aromatic carbocycles. The number of ketones is 1. The molecule has 0 aliphatic rings. The molecule has 0 bridgehead atoms. The van der Waals surface area contributed by atoms with Crippen molar-refractivity contribution in [3.05, 3.63) is 28.8 Å². The first-order valence-electron chi connectivity index (χ1n) is 3.97. The molecule has 16 heavy (non-hydrogen) atoms. The lowest BCUT2D eigenvalue weighted by Gasteiger charge is -2.10. The Morgan fingerprint density at radius 1 is 1.31 bits per heavy atom. The predicted octanol–water partition coefficient (Wildman–Crippen LogP) is 3.66. The van der Waals surface area contributed by atoms with Crippen LogP contribution in [-0.2, 0) is 0 Å². The van der Waals surface area contributed by atoms with Crippen LogP contribution >= 0.6 is 23.2 Å². The molecule has 0 atom stereocenters. The third kappa shape index (κ3) is 3.90. The van der Waals surface area contributed by atoms with Gasteiger partial charge in [0.1, 0.15) is 5.75 Å². The molecule has 0 saturated carbocycles. The number of ether oxygens (including phenoxy) is 1. The summed E-state index contributed by atoms with van der Waals surface area (Å²) in [5.41, 5.74) is -0.0262. The molecule has 7 heteroatoms. The lowest BCUT2D eigenvalue weighted by Crippen LogP contribution is -2.17. The SMILES string of the molecule is O=C(CCl)c1cc(Cl)cc(OC(F)(F)F)c1. The zero-order valence-electron chi connectivity index (χ0n) is 7.65. The van der Waals surface area contributed by atoms with Crippen LogP contribution in [0.4, 0.5) is 13.2 Å². The van der Waals surface area contributed by atoms with E-state index in [0.29, 0.717) is 0 Å². The van der Waals surface area contributed by atoms with Gasteiger partial charge >= 0.3 is 6.36 Å². The number of rotatable bonds is 3. The van der Waals surface area contributed by atoms with E-state index >= 15 is 0 Å². The van der Waals surface area contributed by atoms with Gasteiger partial charge in [-0.05, 0) is 18.2 Å². The largest absolute Gasteiger partial charge is 0.573 e. The third-order valence-corrected chi connectivity index (χ3v) is 2.01. The summed E-state index contributed by atoms with van der Waals surface area (Å²) in [5, 5.41) is -0.0322. The highest BCUT2D eigenvalue weighted by molar-refractivity contribution is 6.33. The van der Waals surface area contributed by atoms with Crippen molar-refractivity contribution in [2.45, 2.75) is 6.36 Å². The molecule has 0 N–H and O–H groups in total. The maximum absolute atomic E-state index is 11.9. The van der Waals surface area contributed by atoms with E-state index < -0.39 is 17.9 Å². The Labute approximate surface area is 98.9 Å². The molecule has 0 saturated heterocycles. The number of benzene rings is 1. The summed E-state index contributed by atoms with van der Waals surface area (Å²) < 4.78 is 39.4. The van der Waals surface area contributed by atoms with Crippen LogP contribution in [0, 0.1) is 0 Å². The zero-order chi connectivity index (χ0) is 12.3. The highest BCUT2D eigenvalue weighted by Crippen LogP contribution is 2.27. The fraction of sp³-hybridized carbons (Fsp3) is 0.222. The van der Waals surface area contributed by atoms with Crippen molar-refractivity contribution >= 4 is 29.0 Å². The topological polar surface area (TPSA) is 26.3 Å². The molecular formula is C9H5Cl2F3O2. The molecule has 1 rings (SSSR count). The normalized spacial score (nSPS) is 11.3. The highest BCUT2D eigenvalue weighted by atomic mass is 35.5. The summed E-state index contributed by atoms with van der Waals surface area (Å²) >= 11 is 10.8. The van der Waals surface area contributed by atoms with Gasteiger partial charge in [-0.25, -0.2) is 0 Å². The summed E-state index contributed by atoms with van der Waals surface area (Å²) in [6.45, 7) is 0. The Hall–Kier alpha value is -0.940. The maximum atomic E-state index is 11.9. The predicted molar refractivity (Wildman–Crippen MR) is 53.2 cm³/mol. The van der Waals surface area contributed by atoms with Crippen molar-refractivity contribution in [3.63, 3.8) is 0 Å². The summed E-state index contributed by atoms with van der Waals surface area (Å²) in [6, 6.07) is 3.11. The molecule has 0 heterocycles. The van der Waals surface area contributed by atoms with E-state index in [1.54, 1.807) is 0 Å². The lowest BCUT2D eigenvalue weighted by molar-refractivity contribution is -0.274. The van der Waals surface area contributed by atoms with Crippen LogP contribution in [0.1, 0.15) is 10.4 Å². The second-order valence-electron chi connectivity index (χ2n) is 2.78. The van der Waals surface area contributed by atoms with Crippen molar-refractivity contribution in [2.24, 2.45) is 0 Å². The molecule has 2 nitrogen and oxygen atoms in total. The molecule has 0 aliphatic carbocycles. The van der Waals surface area contributed by atoms with E-state index in [-0.39, 0.29) is 16.5 Å². The Morgan fingerprint density at radius 2 is 1.94 bits per heavy atom. The standard InChI is InChI=1S/C9H5Cl2F3O2/c10-4-8(15)5-1-6(11)3-7(2-5)16-9(12,13)14/h1-3H,4H2. The fourth-order valence-electron chi connectivity index (χ4n) is 0.993. The van der Waals surface area contributed by atoms with Crippen molar-refractivity contribution in [1.29, 1.82) is 0 Å². The number of carbonyl (C=O) groups excluding carboxylic acids is 1. The van der Waals surface area contributed by atoms with Gasteiger partial charge in [-0.15, -0.1) is 24.8 Å². The van der Waals surface area contributed by atoms with Crippen molar-refractivity contribution < 1.29 is 22.7 Å². The molecule has 1 aromatic rings. The number of alkyl halides is 4. The molecule has 0 aromatic heterocycles. The van der Waals surface area contributed by atoms with E-state index in [1.807, 2.05) is 0 Å². The van der Waals surface area contributed by atoms with Gasteiger partial charge in [0.05, 0.1) is 5.88 Å². The Bertz CT molecular complexity index is 404. The van der Waals surface area contributed by atoms with Crippen LogP contribution in [0.3, 0.4) is 0 Å². The summed E-state index contributed by atoms with van der Waals surface area (Å²) in [6.07, 6.45) is -4.83. The van der Waals surface area contributed by atoms with E-state index in [0.717, 1.165) is 12.1 Å². The summed E-state index contributed by atoms with van der Waals surface area (Å²) in [5.74, 6) is -1.42. The number of hydrogen-bond acceptors (Lipinski definition) is 2. The molecule has 0 radical (unpaired) electrons. The second kappa shape index (κ2) is 4.93. The average molecular weight is 273 g/mol. The summed E-state index contributed by atoms with van der Waals surface area (Å²) in [7, 11) is 0. The van der Waals surface area contributed by atoms with Gasteiger partial charge in [-0.2, -0.15) is 0 Å². The van der Waals surface area contributed by atoms with E-state index in [2.05, 4.69) is 4.74 Å². The van der Waals surface area contributed by atoms with Gasteiger partial charge < -0.3 is 4.74 Å². The monoisotopic (exact) mass is 272 g/mol. The first-order valence-corrected chi connectivity index (χ1v) is 4.88. The van der Waals surface area contributed by atoms with Crippen LogP contribution in [-0.4, -0.2) is 18.0 Å². The van der Waals surface area contributed by atoms with Crippen LogP contribution in [0.2, 0.25) is 5.02 Å². The van der Waals surface area contributed by atoms with E-state index in [1.165, 1.54) is 6.07 Å². The molecule has 88 valence electrons. The van der Waals surface area contributed by atoms with Crippen molar-refractivity contribution in [2.75, 3.05) is 5.88 Å². The number of Topliss-reactive ketones (excluding diaryl/α,β-unsaturated/α-hetero) is 1. The van der Waals surface area contributed by atoms with E-state index in [9.17, 15) is 18.0 Å². The number of carbonyl (C=O) groups is 1. The van der Waals surface area contributed by atoms with Gasteiger partial charge in [0.15, 0.2) is 5.78 Å². The number of halogens is 5. The fourth-order valence-corrected chi connectivity index (χ4v) is 1.37. The Kier molecular flexibility index (Phi) is 4.04. The Morgan fingerprint density at radius 3 is 2.44 bits per heavy atom. The number of hydrogen-bond donors (Lipinski definition) is 0. The van der Waals surface area contributed by atoms with Gasteiger partial charge in [-0.3, -0.25) is 4.79 Å². The van der Waals surface area contributed by atoms with Crippen LogP contribution in [0.25, 0.3) is 0 Å². The first-order chi connectivity index (χ1) is 7.31. The van der Waals surface area contributed by atoms with Crippen LogP contribution < -0.4 is 4.74 Å². The van der Waals surface area contributed by atoms with Gasteiger partial charge in [0, 0.05) is 10.6 Å². The van der Waals surface area contributed by atoms with Gasteiger partial charge in [0.2, 0.25) is 0 Å². The molecule has 0 aliphatic heterocycles. The average Bonchev–Trinajstić information content (AvgIpc) is 2.12. The zero-order valence-corrected chi connectivity index (χ0v) is 9.16. The highest BCUT2D eigenvalue weighted by Gasteiger charge is 2.31. The molecular weight excluding hydrogens is 268 g/mol. The van der Waals surface area contributed by atoms with Gasteiger partial charge in [-0.1, -0.05) is 11.6 Å². The minimum atomic E-state index is -4.83. The Balaban J connectivity index is 3.03. The minimum Gasteiger partial charge on any atom is -0.406 e. The molecule has 0 fully saturated rings. The third-order valence-electron chi connectivity index (χ3n) is 1.55. The molecule has 0 spiro atoms. The van der Waals surface area contributed by atoms with Crippen molar-refractivity contribution in [3.8, 4) is 5.75 Å². The summed E-state index contributed by atoms with van der Waals surface area (Å²) in [4.78, 5) is 11.2. The first kappa shape index (κ1) is 13.1. The van der Waals surface area contributed by atoms with Gasteiger partial charge in [0.25, 0.3) is 0 Å². The van der Waals surface area contributed by atoms with Crippen LogP contribution in [0.15, 0.2) is 18.2 Å². The second-order valence-corrected chi connectivity index (χ2v) is 3.48. The smallest absolute Gasteiger partial charge is 0.406 e. The van der Waals surface area contributed by atoms with Crippen molar-refractivity contribution in [1.82, 2.24) is 0 Å². The maximum Gasteiger partial charge on any atom is 0.573 e. The molecule has 0 unspecified atom stereocenters. The van der Waals surface area contributed by atoms with E-state index in [4.69, 9.17) is 23.2 Å². The quantitative estimate of drug-likeness (QED) is 0.620. The lowest BCUT2D eigenvalue weighted by atomic mass is 10.1. The van der Waals surface area contributed by atoms with Crippen LogP contribution in [0.5, 0.6) is 5.75 Å². The molecule has 0 amide bonds. The minimum absolute atomic E-state index is 0.0262.